The second kappa shape index (κ2) is 7.42. The second-order valence-electron chi connectivity index (χ2n) is 7.10. The third-order valence-corrected chi connectivity index (χ3v) is 6.36. The Hall–Kier alpha value is -1.84. The minimum absolute atomic E-state index is 0.0480. The van der Waals surface area contributed by atoms with Crippen molar-refractivity contribution < 1.29 is 13.5 Å². The molecule has 2 aromatic rings. The first-order valence-electron chi connectivity index (χ1n) is 8.78. The smallest absolute Gasteiger partial charge is 0.175 e. The summed E-state index contributed by atoms with van der Waals surface area (Å²) in [7, 11) is -3.23. The molecule has 142 valence electrons. The maximum absolute atomic E-state index is 11.6. The topological polar surface area (TPSA) is 101 Å². The first kappa shape index (κ1) is 18.9. The van der Waals surface area contributed by atoms with E-state index in [9.17, 15) is 13.5 Å². The highest BCUT2D eigenvalue weighted by Crippen LogP contribution is 2.33. The number of hydrogen-bond acceptors (Lipinski definition) is 7. The SMILES string of the molecule is CCC1(CO)CCCN(Cc2nnnn2-c2ccc(S(C)(=O)=O)cc2)C1. The van der Waals surface area contributed by atoms with Crippen molar-refractivity contribution in [3.05, 3.63) is 30.1 Å². The molecule has 1 N–H and O–H groups in total. The van der Waals surface area contributed by atoms with Gasteiger partial charge in [-0.1, -0.05) is 6.92 Å². The first-order valence-corrected chi connectivity index (χ1v) is 10.7. The molecule has 0 spiro atoms. The van der Waals surface area contributed by atoms with Crippen LogP contribution in [0.15, 0.2) is 29.2 Å². The van der Waals surface area contributed by atoms with Crippen molar-refractivity contribution in [1.29, 1.82) is 0 Å². The average Bonchev–Trinajstić information content (AvgIpc) is 3.09. The van der Waals surface area contributed by atoms with Crippen LogP contribution in [0.25, 0.3) is 5.69 Å². The lowest BCUT2D eigenvalue weighted by atomic mass is 9.78. The monoisotopic (exact) mass is 379 g/mol. The van der Waals surface area contributed by atoms with Crippen LogP contribution in [-0.2, 0) is 16.4 Å². The van der Waals surface area contributed by atoms with Crippen LogP contribution in [0.1, 0.15) is 32.0 Å². The Balaban J connectivity index is 1.79. The number of hydrogen-bond donors (Lipinski definition) is 1. The summed E-state index contributed by atoms with van der Waals surface area (Å²) in [4.78, 5) is 2.54. The normalized spacial score (nSPS) is 21.8. The fraction of sp³-hybridized carbons (Fsp3) is 0.588. The Labute approximate surface area is 153 Å². The summed E-state index contributed by atoms with van der Waals surface area (Å²) in [6.45, 7) is 4.66. The number of rotatable bonds is 6. The summed E-state index contributed by atoms with van der Waals surface area (Å²) in [6, 6.07) is 6.53. The van der Waals surface area contributed by atoms with Gasteiger partial charge in [-0.05, 0) is 60.5 Å². The molecule has 0 aliphatic carbocycles. The zero-order valence-electron chi connectivity index (χ0n) is 15.2. The van der Waals surface area contributed by atoms with Crippen LogP contribution in [-0.4, -0.2) is 64.6 Å². The van der Waals surface area contributed by atoms with Crippen molar-refractivity contribution in [3.8, 4) is 5.69 Å². The second-order valence-corrected chi connectivity index (χ2v) is 9.11. The molecular weight excluding hydrogens is 354 g/mol. The molecule has 3 rings (SSSR count). The summed E-state index contributed by atoms with van der Waals surface area (Å²) >= 11 is 0. The van der Waals surface area contributed by atoms with E-state index in [0.29, 0.717) is 12.4 Å². The predicted octanol–water partition coefficient (Wildman–Crippen LogP) is 1.05. The molecular formula is C17H25N5O3S. The number of aliphatic hydroxyl groups excluding tert-OH is 1. The zero-order valence-corrected chi connectivity index (χ0v) is 16.0. The van der Waals surface area contributed by atoms with E-state index in [1.54, 1.807) is 28.9 Å². The van der Waals surface area contributed by atoms with Gasteiger partial charge in [0.15, 0.2) is 15.7 Å². The molecule has 26 heavy (non-hydrogen) atoms. The van der Waals surface area contributed by atoms with Crippen LogP contribution in [0.2, 0.25) is 0 Å². The lowest BCUT2D eigenvalue weighted by molar-refractivity contribution is 0.0245. The average molecular weight is 379 g/mol. The van der Waals surface area contributed by atoms with Gasteiger partial charge in [-0.2, -0.15) is 4.68 Å². The first-order chi connectivity index (χ1) is 12.4. The summed E-state index contributed by atoms with van der Waals surface area (Å²) in [5.41, 5.74) is 0.673. The minimum atomic E-state index is -3.23. The number of benzene rings is 1. The molecule has 0 radical (unpaired) electrons. The molecule has 0 bridgehead atoms. The van der Waals surface area contributed by atoms with E-state index in [4.69, 9.17) is 0 Å². The third kappa shape index (κ3) is 3.94. The van der Waals surface area contributed by atoms with Gasteiger partial charge in [0.1, 0.15) is 0 Å². The molecule has 1 aliphatic heterocycles. The van der Waals surface area contributed by atoms with Crippen molar-refractivity contribution in [2.75, 3.05) is 26.0 Å². The van der Waals surface area contributed by atoms with Gasteiger partial charge >= 0.3 is 0 Å². The van der Waals surface area contributed by atoms with E-state index in [1.165, 1.54) is 6.26 Å². The fourth-order valence-electron chi connectivity index (χ4n) is 3.51. The van der Waals surface area contributed by atoms with Gasteiger partial charge < -0.3 is 5.11 Å². The van der Waals surface area contributed by atoms with Gasteiger partial charge in [-0.15, -0.1) is 5.10 Å². The van der Waals surface area contributed by atoms with E-state index in [1.807, 2.05) is 0 Å². The molecule has 1 aliphatic rings. The van der Waals surface area contributed by atoms with E-state index < -0.39 is 9.84 Å². The highest BCUT2D eigenvalue weighted by Gasteiger charge is 2.33. The standard InChI is InChI=1S/C17H25N5O3S/c1-3-17(13-23)9-4-10-21(12-17)11-16-18-19-20-22(16)14-5-7-15(8-6-14)26(2,24)25/h5-8,23H,3-4,9-13H2,1-2H3. The highest BCUT2D eigenvalue weighted by molar-refractivity contribution is 7.90. The maximum Gasteiger partial charge on any atom is 0.175 e. The zero-order chi connectivity index (χ0) is 18.8. The van der Waals surface area contributed by atoms with Crippen LogP contribution in [0.3, 0.4) is 0 Å². The maximum atomic E-state index is 11.6. The summed E-state index contributed by atoms with van der Waals surface area (Å²) in [5, 5.41) is 21.8. The van der Waals surface area contributed by atoms with E-state index in [0.717, 1.165) is 38.0 Å². The minimum Gasteiger partial charge on any atom is -0.396 e. The number of sulfone groups is 1. The van der Waals surface area contributed by atoms with E-state index in [-0.39, 0.29) is 16.9 Å². The number of piperidine rings is 1. The molecule has 2 heterocycles. The fourth-order valence-corrected chi connectivity index (χ4v) is 4.14. The Morgan fingerprint density at radius 2 is 2.00 bits per heavy atom. The van der Waals surface area contributed by atoms with Gasteiger partial charge in [0, 0.05) is 24.8 Å². The van der Waals surface area contributed by atoms with Gasteiger partial charge in [0.2, 0.25) is 0 Å². The summed E-state index contributed by atoms with van der Waals surface area (Å²) < 4.78 is 24.8. The molecule has 1 aromatic carbocycles. The lowest BCUT2D eigenvalue weighted by Crippen LogP contribution is -2.44. The molecule has 1 atom stereocenters. The highest BCUT2D eigenvalue weighted by atomic mass is 32.2. The lowest BCUT2D eigenvalue weighted by Gasteiger charge is -2.41. The molecule has 1 unspecified atom stereocenters. The van der Waals surface area contributed by atoms with E-state index in [2.05, 4.69) is 27.3 Å². The van der Waals surface area contributed by atoms with Crippen molar-refractivity contribution in [2.45, 2.75) is 37.6 Å². The van der Waals surface area contributed by atoms with Crippen molar-refractivity contribution >= 4 is 9.84 Å². The van der Waals surface area contributed by atoms with Crippen molar-refractivity contribution in [3.63, 3.8) is 0 Å². The molecule has 0 saturated carbocycles. The largest absolute Gasteiger partial charge is 0.396 e. The van der Waals surface area contributed by atoms with Crippen LogP contribution in [0, 0.1) is 5.41 Å². The quantitative estimate of drug-likeness (QED) is 0.800. The molecule has 0 amide bonds. The van der Waals surface area contributed by atoms with E-state index >= 15 is 0 Å². The van der Waals surface area contributed by atoms with Gasteiger partial charge in [-0.25, -0.2) is 8.42 Å². The van der Waals surface area contributed by atoms with Gasteiger partial charge in [0.05, 0.1) is 17.1 Å². The molecule has 9 heteroatoms. The molecule has 1 fully saturated rings. The van der Waals surface area contributed by atoms with Crippen molar-refractivity contribution in [1.82, 2.24) is 25.1 Å². The summed E-state index contributed by atoms with van der Waals surface area (Å²) in [6.07, 6.45) is 4.20. The third-order valence-electron chi connectivity index (χ3n) is 5.23. The molecule has 1 saturated heterocycles. The Bertz CT molecular complexity index is 844. The van der Waals surface area contributed by atoms with Gasteiger partial charge in [-0.3, -0.25) is 4.90 Å². The molecule has 8 nitrogen and oxygen atoms in total. The Kier molecular flexibility index (Phi) is 5.40. The van der Waals surface area contributed by atoms with Crippen LogP contribution in [0.5, 0.6) is 0 Å². The Morgan fingerprint density at radius 3 is 2.62 bits per heavy atom. The molecule has 1 aromatic heterocycles. The number of likely N-dealkylation sites (tertiary alicyclic amines) is 1. The number of tetrazole rings is 1. The van der Waals surface area contributed by atoms with Crippen LogP contribution < -0.4 is 0 Å². The van der Waals surface area contributed by atoms with Gasteiger partial charge in [0.25, 0.3) is 0 Å². The van der Waals surface area contributed by atoms with Crippen LogP contribution in [0.4, 0.5) is 0 Å². The predicted molar refractivity (Wildman–Crippen MR) is 96.6 cm³/mol. The number of aromatic nitrogens is 4. The summed E-state index contributed by atoms with van der Waals surface area (Å²) in [5.74, 6) is 0.696. The van der Waals surface area contributed by atoms with Crippen molar-refractivity contribution in [2.24, 2.45) is 5.41 Å². The van der Waals surface area contributed by atoms with Crippen LogP contribution >= 0.6 is 0 Å². The Morgan fingerprint density at radius 1 is 1.27 bits per heavy atom. The number of aliphatic hydroxyl groups is 1. The number of nitrogens with zero attached hydrogens (tertiary/aromatic N) is 5.